The van der Waals surface area contributed by atoms with Crippen LogP contribution in [0.15, 0.2) is 127 Å². The van der Waals surface area contributed by atoms with Gasteiger partial charge in [0.15, 0.2) is 0 Å². The molecule has 0 N–H and O–H groups in total. The number of rotatable bonds is 5. The first kappa shape index (κ1) is 25.1. The van der Waals surface area contributed by atoms with Crippen molar-refractivity contribution in [2.75, 3.05) is 0 Å². The van der Waals surface area contributed by atoms with E-state index < -0.39 is 0 Å². The summed E-state index contributed by atoms with van der Waals surface area (Å²) in [5, 5.41) is 2.15. The molecule has 3 nitrogen and oxygen atoms in total. The van der Waals surface area contributed by atoms with Crippen molar-refractivity contribution in [1.82, 2.24) is 15.0 Å². The molecule has 0 saturated carbocycles. The van der Waals surface area contributed by atoms with Gasteiger partial charge in [-0.05, 0) is 35.5 Å². The van der Waals surface area contributed by atoms with Gasteiger partial charge in [0, 0.05) is 33.1 Å². The fourth-order valence-corrected chi connectivity index (χ4v) is 6.05. The van der Waals surface area contributed by atoms with Crippen molar-refractivity contribution in [1.29, 1.82) is 0 Å². The third-order valence-electron chi connectivity index (χ3n) is 6.74. The normalized spacial score (nSPS) is 11.8. The average molecular weight is 563 g/mol. The largest absolute Gasteiger partial charge is 0.300 e. The van der Waals surface area contributed by atoms with Crippen LogP contribution in [-0.4, -0.2) is 15.0 Å². The molecule has 190 valence electrons. The fourth-order valence-electron chi connectivity index (χ4n) is 4.91. The Hall–Kier alpha value is -4.18. The van der Waals surface area contributed by atoms with Crippen molar-refractivity contribution < 1.29 is 16.5 Å². The molecule has 5 heteroatoms. The number of nitrogens with zero attached hydrogens (tertiary/aromatic N) is 3. The predicted octanol–water partition coefficient (Wildman–Crippen LogP) is 8.55. The van der Waals surface area contributed by atoms with E-state index in [2.05, 4.69) is 84.9 Å². The number of benzene rings is 4. The average Bonchev–Trinajstić information content (AvgIpc) is 3.42. The summed E-state index contributed by atoms with van der Waals surface area (Å²) in [7, 11) is 0. The van der Waals surface area contributed by atoms with Crippen LogP contribution in [0.5, 0.6) is 0 Å². The summed E-state index contributed by atoms with van der Waals surface area (Å²) in [4.78, 5) is 15.3. The topological polar surface area (TPSA) is 38.7 Å². The Bertz CT molecular complexity index is 1880. The maximum atomic E-state index is 5.26. The quantitative estimate of drug-likeness (QED) is 0.156. The second kappa shape index (κ2) is 10.9. The van der Waals surface area contributed by atoms with Crippen molar-refractivity contribution in [3.05, 3.63) is 150 Å². The molecule has 0 spiro atoms. The van der Waals surface area contributed by atoms with Gasteiger partial charge >= 0.3 is 0 Å². The molecule has 0 bridgehead atoms. The summed E-state index contributed by atoms with van der Waals surface area (Å²) < 4.78 is 1.14. The Balaban J connectivity index is 0.00000277. The van der Waals surface area contributed by atoms with Crippen LogP contribution >= 0.6 is 11.3 Å². The van der Waals surface area contributed by atoms with Crippen LogP contribution in [0.25, 0.3) is 43.6 Å². The first-order valence-corrected chi connectivity index (χ1v) is 13.4. The van der Waals surface area contributed by atoms with Crippen molar-refractivity contribution in [2.24, 2.45) is 0 Å². The van der Waals surface area contributed by atoms with Gasteiger partial charge in [-0.3, -0.25) is 0 Å². The molecule has 7 rings (SSSR count). The molecule has 39 heavy (non-hydrogen) atoms. The molecule has 7 aromatic rings. The molecule has 0 radical (unpaired) electrons. The van der Waals surface area contributed by atoms with Crippen LogP contribution in [-0.2, 0) is 16.5 Å². The number of aromatic nitrogens is 3. The molecular weight excluding hydrogens is 541 g/mol. The summed E-state index contributed by atoms with van der Waals surface area (Å²) >= 11 is 1.72. The number of hydrogen-bond acceptors (Lipinski definition) is 4. The molecule has 3 aromatic heterocycles. The molecule has 1 unspecified atom stereocenters. The van der Waals surface area contributed by atoms with E-state index in [0.717, 1.165) is 54.3 Å². The molecule has 0 saturated heterocycles. The van der Waals surface area contributed by atoms with Crippen LogP contribution < -0.4 is 0 Å². The zero-order valence-electron chi connectivity index (χ0n) is 20.8. The Morgan fingerprint density at radius 2 is 1.44 bits per heavy atom. The molecule has 0 fully saturated rings. The number of thiazole rings is 1. The van der Waals surface area contributed by atoms with E-state index in [1.54, 1.807) is 11.3 Å². The van der Waals surface area contributed by atoms with Crippen LogP contribution in [0, 0.1) is 6.07 Å². The van der Waals surface area contributed by atoms with Gasteiger partial charge in [-0.1, -0.05) is 78.9 Å². The Labute approximate surface area is 241 Å². The van der Waals surface area contributed by atoms with E-state index in [1.165, 1.54) is 5.56 Å². The molecule has 4 aromatic carbocycles. The van der Waals surface area contributed by atoms with E-state index >= 15 is 0 Å². The SMILES string of the molecule is [Ni].[c-]1ccccc1-c1cccc(C(c2ccccc2)c2nc3c(-c4ccc5ccccc5n4)cccc3s2)n1. The standard InChI is InChI=1S/C34H22N3S.Ni/c1-3-11-23(12-4-1)28-18-10-19-30(36-28)32(25-14-5-2-6-15-25)34-37-33-26(16-9-20-31(33)38-34)29-22-21-24-13-7-8-17-27(24)35-29;/h1-11,13-22,32H;/q-1;. The molecular formula is C34H22N3NiS-. The smallest absolute Gasteiger partial charge is 0.107 e. The zero-order chi connectivity index (χ0) is 25.3. The number of fused-ring (bicyclic) bond motifs is 2. The molecule has 1 atom stereocenters. The van der Waals surface area contributed by atoms with Crippen LogP contribution in [0.4, 0.5) is 0 Å². The van der Waals surface area contributed by atoms with Gasteiger partial charge in [-0.25, -0.2) is 9.97 Å². The Morgan fingerprint density at radius 3 is 2.31 bits per heavy atom. The zero-order valence-corrected chi connectivity index (χ0v) is 22.6. The maximum Gasteiger partial charge on any atom is 0.107 e. The van der Waals surface area contributed by atoms with Crippen LogP contribution in [0.2, 0.25) is 0 Å². The van der Waals surface area contributed by atoms with E-state index in [-0.39, 0.29) is 22.4 Å². The van der Waals surface area contributed by atoms with Crippen molar-refractivity contribution >= 4 is 32.5 Å². The molecule has 0 aliphatic rings. The van der Waals surface area contributed by atoms with E-state index in [1.807, 2.05) is 48.5 Å². The number of hydrogen-bond donors (Lipinski definition) is 0. The second-order valence-corrected chi connectivity index (χ2v) is 10.2. The molecule has 3 heterocycles. The van der Waals surface area contributed by atoms with Gasteiger partial charge in [0.05, 0.1) is 27.3 Å². The third kappa shape index (κ3) is 4.88. The molecule has 0 amide bonds. The van der Waals surface area contributed by atoms with Gasteiger partial charge in [0.1, 0.15) is 5.01 Å². The van der Waals surface area contributed by atoms with Gasteiger partial charge in [0.25, 0.3) is 0 Å². The van der Waals surface area contributed by atoms with Gasteiger partial charge < -0.3 is 4.98 Å². The van der Waals surface area contributed by atoms with E-state index in [0.29, 0.717) is 0 Å². The van der Waals surface area contributed by atoms with Crippen LogP contribution in [0.3, 0.4) is 0 Å². The maximum absolute atomic E-state index is 5.26. The predicted molar refractivity (Wildman–Crippen MR) is 156 cm³/mol. The van der Waals surface area contributed by atoms with Gasteiger partial charge in [-0.2, -0.15) is 0 Å². The summed E-state index contributed by atoms with van der Waals surface area (Å²) in [5.74, 6) is -0.0883. The van der Waals surface area contributed by atoms with Gasteiger partial charge in [0.2, 0.25) is 0 Å². The summed E-state index contributed by atoms with van der Waals surface area (Å²) in [6, 6.07) is 46.8. The van der Waals surface area contributed by atoms with Gasteiger partial charge in [-0.15, -0.1) is 47.2 Å². The van der Waals surface area contributed by atoms with Crippen molar-refractivity contribution in [2.45, 2.75) is 5.92 Å². The van der Waals surface area contributed by atoms with Crippen molar-refractivity contribution in [3.8, 4) is 22.5 Å². The monoisotopic (exact) mass is 562 g/mol. The Kier molecular flexibility index (Phi) is 7.02. The summed E-state index contributed by atoms with van der Waals surface area (Å²) in [6.07, 6.45) is 0. The Morgan fingerprint density at radius 1 is 0.615 bits per heavy atom. The fraction of sp³-hybridized carbons (Fsp3) is 0.0294. The van der Waals surface area contributed by atoms with E-state index in [9.17, 15) is 0 Å². The minimum absolute atomic E-state index is 0. The molecule has 0 aliphatic carbocycles. The number of para-hydroxylation sites is 2. The summed E-state index contributed by atoms with van der Waals surface area (Å²) in [6.45, 7) is 0. The first-order chi connectivity index (χ1) is 18.8. The minimum atomic E-state index is -0.0883. The minimum Gasteiger partial charge on any atom is -0.300 e. The summed E-state index contributed by atoms with van der Waals surface area (Å²) in [5.41, 5.74) is 7.96. The number of pyridine rings is 2. The third-order valence-corrected chi connectivity index (χ3v) is 7.83. The molecule has 0 aliphatic heterocycles. The van der Waals surface area contributed by atoms with Crippen molar-refractivity contribution in [3.63, 3.8) is 0 Å². The van der Waals surface area contributed by atoms with E-state index in [4.69, 9.17) is 15.0 Å². The van der Waals surface area contributed by atoms with Crippen LogP contribution in [0.1, 0.15) is 22.2 Å². The first-order valence-electron chi connectivity index (χ1n) is 12.6. The second-order valence-electron chi connectivity index (χ2n) is 9.16.